The Labute approximate surface area is 150 Å². The number of nitrogens with one attached hydrogen (secondary N) is 1. The molecule has 2 aromatic rings. The lowest BCUT2D eigenvalue weighted by Crippen LogP contribution is -2.27. The number of aliphatic hydroxyl groups excluding tert-OH is 1. The van der Waals surface area contributed by atoms with Crippen LogP contribution < -0.4 is 11.1 Å². The predicted octanol–water partition coefficient (Wildman–Crippen LogP) is 0.179. The maximum absolute atomic E-state index is 9.20. The van der Waals surface area contributed by atoms with E-state index in [0.717, 1.165) is 17.8 Å². The van der Waals surface area contributed by atoms with Gasteiger partial charge in [0.25, 0.3) is 0 Å². The molecule has 0 saturated heterocycles. The molecule has 0 aliphatic heterocycles. The Kier molecular flexibility index (Phi) is 4.91. The SMILES string of the molecule is CN(/N=C/c1cc(-c2cncn2C)nc(N[C@H]2C[C@H]2CO)n1)C(N)=S. The zero-order chi connectivity index (χ0) is 18.0. The first-order chi connectivity index (χ1) is 12.0. The molecule has 0 bridgehead atoms. The lowest BCUT2D eigenvalue weighted by atomic mass is 10.2. The van der Waals surface area contributed by atoms with Crippen molar-refractivity contribution in [1.29, 1.82) is 0 Å². The quantitative estimate of drug-likeness (QED) is 0.379. The summed E-state index contributed by atoms with van der Waals surface area (Å²) in [6, 6.07) is 2.01. The molecule has 1 aliphatic carbocycles. The molecule has 0 radical (unpaired) electrons. The van der Waals surface area contributed by atoms with Gasteiger partial charge in [-0.3, -0.25) is 0 Å². The molecule has 10 heteroatoms. The highest BCUT2D eigenvalue weighted by molar-refractivity contribution is 7.80. The van der Waals surface area contributed by atoms with Crippen LogP contribution in [0.25, 0.3) is 11.4 Å². The van der Waals surface area contributed by atoms with Crippen LogP contribution in [0.15, 0.2) is 23.7 Å². The molecule has 9 nitrogen and oxygen atoms in total. The minimum absolute atomic E-state index is 0.159. The molecule has 0 amide bonds. The first-order valence-corrected chi connectivity index (χ1v) is 8.19. The van der Waals surface area contributed by atoms with Crippen LogP contribution in [0.2, 0.25) is 0 Å². The van der Waals surface area contributed by atoms with Gasteiger partial charge in [-0.05, 0) is 24.7 Å². The van der Waals surface area contributed by atoms with Gasteiger partial charge in [-0.2, -0.15) is 5.10 Å². The number of hydrogen-bond donors (Lipinski definition) is 3. The van der Waals surface area contributed by atoms with Gasteiger partial charge in [-0.15, -0.1) is 0 Å². The van der Waals surface area contributed by atoms with Crippen LogP contribution in [-0.2, 0) is 7.05 Å². The van der Waals surface area contributed by atoms with Gasteiger partial charge in [0.1, 0.15) is 0 Å². The Morgan fingerprint density at radius 1 is 1.60 bits per heavy atom. The second kappa shape index (κ2) is 7.11. The number of rotatable bonds is 6. The molecule has 0 unspecified atom stereocenters. The van der Waals surface area contributed by atoms with Gasteiger partial charge < -0.3 is 20.7 Å². The topological polar surface area (TPSA) is 117 Å². The first kappa shape index (κ1) is 17.2. The molecule has 2 aromatic heterocycles. The van der Waals surface area contributed by atoms with Gasteiger partial charge in [0, 0.05) is 32.7 Å². The fraction of sp³-hybridized carbons (Fsp3) is 0.400. The van der Waals surface area contributed by atoms with E-state index in [0.29, 0.717) is 11.6 Å². The highest BCUT2D eigenvalue weighted by atomic mass is 32.1. The second-order valence-corrected chi connectivity index (χ2v) is 6.35. The first-order valence-electron chi connectivity index (χ1n) is 7.78. The molecule has 4 N–H and O–H groups in total. The Morgan fingerprint density at radius 2 is 2.40 bits per heavy atom. The second-order valence-electron chi connectivity index (χ2n) is 5.93. The van der Waals surface area contributed by atoms with Crippen molar-refractivity contribution >= 4 is 29.5 Å². The average Bonchev–Trinajstić information content (AvgIpc) is 3.19. The van der Waals surface area contributed by atoms with Crippen molar-refractivity contribution in [3.05, 3.63) is 24.3 Å². The van der Waals surface area contributed by atoms with Gasteiger partial charge >= 0.3 is 0 Å². The van der Waals surface area contributed by atoms with Gasteiger partial charge in [0.2, 0.25) is 5.95 Å². The van der Waals surface area contributed by atoms with Gasteiger partial charge in [-0.1, -0.05) is 0 Å². The maximum Gasteiger partial charge on any atom is 0.224 e. The summed E-state index contributed by atoms with van der Waals surface area (Å²) in [5.41, 5.74) is 7.71. The molecule has 25 heavy (non-hydrogen) atoms. The fourth-order valence-corrected chi connectivity index (χ4v) is 2.37. The van der Waals surface area contributed by atoms with Crippen molar-refractivity contribution < 1.29 is 5.11 Å². The van der Waals surface area contributed by atoms with Crippen LogP contribution in [0.5, 0.6) is 0 Å². The van der Waals surface area contributed by atoms with Crippen LogP contribution in [0.4, 0.5) is 5.95 Å². The largest absolute Gasteiger partial charge is 0.396 e. The molecule has 0 aromatic carbocycles. The van der Waals surface area contributed by atoms with Crippen LogP contribution in [0.1, 0.15) is 12.1 Å². The van der Waals surface area contributed by atoms with Crippen molar-refractivity contribution in [3.8, 4) is 11.4 Å². The molecule has 1 saturated carbocycles. The number of hydrazone groups is 1. The zero-order valence-corrected chi connectivity index (χ0v) is 14.8. The van der Waals surface area contributed by atoms with E-state index in [9.17, 15) is 5.11 Å². The number of nitrogens with two attached hydrogens (primary N) is 1. The summed E-state index contributed by atoms with van der Waals surface area (Å²) in [6.07, 6.45) is 5.93. The van der Waals surface area contributed by atoms with E-state index in [1.807, 2.05) is 17.7 Å². The molecule has 3 rings (SSSR count). The van der Waals surface area contributed by atoms with E-state index in [2.05, 4.69) is 25.4 Å². The number of aliphatic hydroxyl groups is 1. The summed E-state index contributed by atoms with van der Waals surface area (Å²) in [6.45, 7) is 0.159. The van der Waals surface area contributed by atoms with Crippen molar-refractivity contribution in [2.24, 2.45) is 23.8 Å². The summed E-state index contributed by atoms with van der Waals surface area (Å²) in [5, 5.41) is 18.2. The smallest absolute Gasteiger partial charge is 0.224 e. The summed E-state index contributed by atoms with van der Waals surface area (Å²) in [4.78, 5) is 13.1. The third kappa shape index (κ3) is 4.09. The number of aryl methyl sites for hydroxylation is 1. The summed E-state index contributed by atoms with van der Waals surface area (Å²) < 4.78 is 1.88. The van der Waals surface area contributed by atoms with E-state index in [4.69, 9.17) is 18.0 Å². The summed E-state index contributed by atoms with van der Waals surface area (Å²) in [5.74, 6) is 0.737. The normalized spacial score (nSPS) is 19.2. The monoisotopic (exact) mass is 360 g/mol. The number of imidazole rings is 1. The van der Waals surface area contributed by atoms with E-state index >= 15 is 0 Å². The highest BCUT2D eigenvalue weighted by Gasteiger charge is 2.37. The van der Waals surface area contributed by atoms with Crippen molar-refractivity contribution in [3.63, 3.8) is 0 Å². The number of nitrogens with zero attached hydrogens (tertiary/aromatic N) is 6. The zero-order valence-electron chi connectivity index (χ0n) is 14.0. The van der Waals surface area contributed by atoms with E-state index in [1.54, 1.807) is 25.8 Å². The minimum Gasteiger partial charge on any atom is -0.396 e. The van der Waals surface area contributed by atoms with Crippen molar-refractivity contribution in [1.82, 2.24) is 24.5 Å². The van der Waals surface area contributed by atoms with Crippen molar-refractivity contribution in [2.45, 2.75) is 12.5 Å². The Bertz CT molecular complexity index is 805. The molecule has 1 aliphatic rings. The van der Waals surface area contributed by atoms with Gasteiger partial charge in [0.05, 0.1) is 35.8 Å². The molecule has 2 atom stereocenters. The number of aromatic nitrogens is 4. The molecule has 2 heterocycles. The van der Waals surface area contributed by atoms with E-state index < -0.39 is 0 Å². The maximum atomic E-state index is 9.20. The molecule has 1 fully saturated rings. The summed E-state index contributed by atoms with van der Waals surface area (Å²) >= 11 is 4.87. The predicted molar refractivity (Wildman–Crippen MR) is 99.0 cm³/mol. The molecule has 132 valence electrons. The third-order valence-corrected chi connectivity index (χ3v) is 4.24. The van der Waals surface area contributed by atoms with Crippen LogP contribution in [0.3, 0.4) is 0 Å². The van der Waals surface area contributed by atoms with Crippen LogP contribution in [-0.4, -0.2) is 60.7 Å². The fourth-order valence-electron chi connectivity index (χ4n) is 2.33. The number of thiocarbonyl (C=S) groups is 1. The van der Waals surface area contributed by atoms with Crippen molar-refractivity contribution in [2.75, 3.05) is 19.0 Å². The average molecular weight is 360 g/mol. The van der Waals surface area contributed by atoms with E-state index in [-0.39, 0.29) is 23.7 Å². The third-order valence-electron chi connectivity index (χ3n) is 3.98. The van der Waals surface area contributed by atoms with Gasteiger partial charge in [-0.25, -0.2) is 20.0 Å². The summed E-state index contributed by atoms with van der Waals surface area (Å²) in [7, 11) is 3.56. The minimum atomic E-state index is 0.159. The number of anilines is 1. The van der Waals surface area contributed by atoms with E-state index in [1.165, 1.54) is 5.01 Å². The Hall–Kier alpha value is -2.59. The van der Waals surface area contributed by atoms with Crippen LogP contribution in [0, 0.1) is 5.92 Å². The van der Waals surface area contributed by atoms with Gasteiger partial charge in [0.15, 0.2) is 5.11 Å². The van der Waals surface area contributed by atoms with Crippen LogP contribution >= 0.6 is 12.2 Å². The molecular weight excluding hydrogens is 340 g/mol. The lowest BCUT2D eigenvalue weighted by Gasteiger charge is -2.10. The number of hydrogen-bond acceptors (Lipinski definition) is 7. The Morgan fingerprint density at radius 3 is 3.00 bits per heavy atom. The Balaban J connectivity index is 1.91. The highest BCUT2D eigenvalue weighted by Crippen LogP contribution is 2.32. The standard InChI is InChI=1S/C15H20N8OS/c1-22-8-17-6-13(22)12-4-10(5-18-23(2)14(16)25)19-15(21-12)20-11-3-9(11)7-24/h4-6,8-9,11,24H,3,7H2,1-2H3,(H2,16,25)(H,19,20,21)/b18-5+/t9-,11-/m0/s1. The molecule has 0 spiro atoms. The molecular formula is C15H20N8OS. The lowest BCUT2D eigenvalue weighted by molar-refractivity contribution is 0.275.